The van der Waals surface area contributed by atoms with Gasteiger partial charge in [0, 0.05) is 6.54 Å². The highest BCUT2D eigenvalue weighted by molar-refractivity contribution is 5.97. The van der Waals surface area contributed by atoms with Crippen molar-refractivity contribution in [2.75, 3.05) is 13.2 Å². The third kappa shape index (κ3) is 6.34. The molecule has 0 radical (unpaired) electrons. The highest BCUT2D eigenvalue weighted by atomic mass is 19.1. The van der Waals surface area contributed by atoms with E-state index < -0.39 is 30.3 Å². The van der Waals surface area contributed by atoms with Crippen LogP contribution in [0.4, 0.5) is 9.18 Å². The fourth-order valence-corrected chi connectivity index (χ4v) is 1.52. The predicted molar refractivity (Wildman–Crippen MR) is 77.7 cm³/mol. The number of hydrogen-bond acceptors (Lipinski definition) is 4. The van der Waals surface area contributed by atoms with Crippen molar-refractivity contribution in [3.63, 3.8) is 0 Å². The van der Waals surface area contributed by atoms with Crippen LogP contribution in [0.5, 0.6) is 0 Å². The molecule has 0 atom stereocenters. The summed E-state index contributed by atoms with van der Waals surface area (Å²) in [6.45, 7) is 3.79. The van der Waals surface area contributed by atoms with Crippen LogP contribution in [0.2, 0.25) is 0 Å². The molecule has 0 fully saturated rings. The van der Waals surface area contributed by atoms with E-state index in [2.05, 4.69) is 10.1 Å². The van der Waals surface area contributed by atoms with Gasteiger partial charge in [-0.25, -0.2) is 14.0 Å². The van der Waals surface area contributed by atoms with Crippen molar-refractivity contribution in [3.8, 4) is 0 Å². The highest BCUT2D eigenvalue weighted by Gasteiger charge is 2.15. The van der Waals surface area contributed by atoms with Crippen LogP contribution in [0.1, 0.15) is 30.6 Å². The minimum Gasteiger partial charge on any atom is -0.452 e. The van der Waals surface area contributed by atoms with Gasteiger partial charge >= 0.3 is 12.0 Å². The number of esters is 1. The summed E-state index contributed by atoms with van der Waals surface area (Å²) in [6, 6.07) is 4.60. The van der Waals surface area contributed by atoms with Crippen LogP contribution < -0.4 is 10.6 Å². The van der Waals surface area contributed by atoms with Crippen molar-refractivity contribution in [1.29, 1.82) is 0 Å². The maximum absolute atomic E-state index is 13.3. The van der Waals surface area contributed by atoms with Gasteiger partial charge in [0.25, 0.3) is 5.91 Å². The normalized spacial score (nSPS) is 10.2. The molecular weight excluding hydrogens is 291 g/mol. The molecule has 0 bridgehead atoms. The Morgan fingerprint density at radius 1 is 1.23 bits per heavy atom. The summed E-state index contributed by atoms with van der Waals surface area (Å²) in [5.41, 5.74) is -0.267. The molecule has 0 aliphatic carbocycles. The van der Waals surface area contributed by atoms with E-state index in [4.69, 9.17) is 0 Å². The lowest BCUT2D eigenvalue weighted by Gasteiger charge is -2.08. The van der Waals surface area contributed by atoms with Gasteiger partial charge in [-0.05, 0) is 24.5 Å². The molecular formula is C15H19FN2O4. The lowest BCUT2D eigenvalue weighted by Crippen LogP contribution is -2.42. The standard InChI is InChI=1S/C15H19FN2O4/c1-10(2)7-8-17-15(21)18-13(19)9-22-14(20)11-5-3-4-6-12(11)16/h3-6,10H,7-9H2,1-2H3,(H2,17,18,19,21). The van der Waals surface area contributed by atoms with Gasteiger partial charge in [-0.1, -0.05) is 26.0 Å². The summed E-state index contributed by atoms with van der Waals surface area (Å²) >= 11 is 0. The van der Waals surface area contributed by atoms with Gasteiger partial charge in [-0.2, -0.15) is 0 Å². The molecule has 0 aliphatic rings. The second-order valence-electron chi connectivity index (χ2n) is 5.04. The fraction of sp³-hybridized carbons (Fsp3) is 0.400. The highest BCUT2D eigenvalue weighted by Crippen LogP contribution is 2.07. The number of urea groups is 1. The molecule has 0 saturated carbocycles. The molecule has 22 heavy (non-hydrogen) atoms. The van der Waals surface area contributed by atoms with Crippen LogP contribution in [0.25, 0.3) is 0 Å². The van der Waals surface area contributed by atoms with Crippen LogP contribution in [-0.4, -0.2) is 31.1 Å². The smallest absolute Gasteiger partial charge is 0.341 e. The summed E-state index contributed by atoms with van der Waals surface area (Å²) < 4.78 is 18.0. The van der Waals surface area contributed by atoms with Gasteiger partial charge in [0.2, 0.25) is 0 Å². The number of imide groups is 1. The van der Waals surface area contributed by atoms with Gasteiger partial charge in [0.15, 0.2) is 6.61 Å². The average molecular weight is 310 g/mol. The molecule has 120 valence electrons. The fourth-order valence-electron chi connectivity index (χ4n) is 1.52. The molecule has 1 aromatic rings. The molecule has 0 aromatic heterocycles. The Kier molecular flexibility index (Phi) is 7.01. The van der Waals surface area contributed by atoms with Gasteiger partial charge in [-0.3, -0.25) is 10.1 Å². The first-order valence-corrected chi connectivity index (χ1v) is 6.89. The van der Waals surface area contributed by atoms with Crippen LogP contribution in [0.3, 0.4) is 0 Å². The Morgan fingerprint density at radius 3 is 2.55 bits per heavy atom. The number of amides is 3. The minimum atomic E-state index is -0.964. The van der Waals surface area contributed by atoms with Crippen molar-refractivity contribution < 1.29 is 23.5 Å². The van der Waals surface area contributed by atoms with Crippen molar-refractivity contribution in [1.82, 2.24) is 10.6 Å². The SMILES string of the molecule is CC(C)CCNC(=O)NC(=O)COC(=O)c1ccccc1F. The summed E-state index contributed by atoms with van der Waals surface area (Å²) in [4.78, 5) is 34.3. The molecule has 2 N–H and O–H groups in total. The molecule has 0 unspecified atom stereocenters. The Balaban J connectivity index is 2.32. The Bertz CT molecular complexity index is 546. The summed E-state index contributed by atoms with van der Waals surface area (Å²) in [7, 11) is 0. The van der Waals surface area contributed by atoms with E-state index in [9.17, 15) is 18.8 Å². The quantitative estimate of drug-likeness (QED) is 0.785. The molecule has 1 rings (SSSR count). The number of benzene rings is 1. The topological polar surface area (TPSA) is 84.5 Å². The predicted octanol–water partition coefficient (Wildman–Crippen LogP) is 1.85. The van der Waals surface area contributed by atoms with E-state index in [-0.39, 0.29) is 5.56 Å². The van der Waals surface area contributed by atoms with Gasteiger partial charge in [-0.15, -0.1) is 0 Å². The zero-order chi connectivity index (χ0) is 16.5. The Labute approximate surface area is 128 Å². The number of ether oxygens (including phenoxy) is 1. The largest absolute Gasteiger partial charge is 0.452 e. The van der Waals surface area contributed by atoms with Crippen molar-refractivity contribution >= 4 is 17.9 Å². The van der Waals surface area contributed by atoms with Crippen LogP contribution in [0.15, 0.2) is 24.3 Å². The second-order valence-corrected chi connectivity index (χ2v) is 5.04. The van der Waals surface area contributed by atoms with Crippen molar-refractivity contribution in [2.45, 2.75) is 20.3 Å². The molecule has 3 amide bonds. The first-order valence-electron chi connectivity index (χ1n) is 6.89. The van der Waals surface area contributed by atoms with Gasteiger partial charge in [0.05, 0.1) is 5.56 Å². The summed E-state index contributed by atoms with van der Waals surface area (Å²) in [6.07, 6.45) is 0.782. The maximum atomic E-state index is 13.3. The number of halogens is 1. The summed E-state index contributed by atoms with van der Waals surface area (Å²) in [5.74, 6) is -2.06. The zero-order valence-electron chi connectivity index (χ0n) is 12.5. The number of carbonyl (C=O) groups excluding carboxylic acids is 3. The maximum Gasteiger partial charge on any atom is 0.341 e. The number of hydrogen-bond donors (Lipinski definition) is 2. The Hall–Kier alpha value is -2.44. The van der Waals surface area contributed by atoms with E-state index in [1.165, 1.54) is 18.2 Å². The third-order valence-electron chi connectivity index (χ3n) is 2.69. The number of carbonyl (C=O) groups is 3. The average Bonchev–Trinajstić information content (AvgIpc) is 2.44. The molecule has 1 aromatic carbocycles. The minimum absolute atomic E-state index is 0.267. The number of nitrogens with one attached hydrogen (secondary N) is 2. The lowest BCUT2D eigenvalue weighted by molar-refractivity contribution is -0.123. The van der Waals surface area contributed by atoms with Crippen molar-refractivity contribution in [2.24, 2.45) is 5.92 Å². The van der Waals surface area contributed by atoms with E-state index in [1.807, 2.05) is 19.2 Å². The van der Waals surface area contributed by atoms with E-state index >= 15 is 0 Å². The monoisotopic (exact) mass is 310 g/mol. The molecule has 6 nitrogen and oxygen atoms in total. The third-order valence-corrected chi connectivity index (χ3v) is 2.69. The lowest BCUT2D eigenvalue weighted by atomic mass is 10.1. The Morgan fingerprint density at radius 2 is 1.91 bits per heavy atom. The molecule has 0 spiro atoms. The van der Waals surface area contributed by atoms with Crippen LogP contribution in [-0.2, 0) is 9.53 Å². The second kappa shape index (κ2) is 8.76. The first-order chi connectivity index (χ1) is 10.4. The first kappa shape index (κ1) is 17.6. The van der Waals surface area contributed by atoms with E-state index in [0.29, 0.717) is 12.5 Å². The number of rotatable bonds is 6. The van der Waals surface area contributed by atoms with Crippen molar-refractivity contribution in [3.05, 3.63) is 35.6 Å². The molecule has 0 saturated heterocycles. The molecule has 0 heterocycles. The zero-order valence-corrected chi connectivity index (χ0v) is 12.5. The van der Waals surface area contributed by atoms with Crippen LogP contribution >= 0.6 is 0 Å². The molecule has 0 aliphatic heterocycles. The summed E-state index contributed by atoms with van der Waals surface area (Å²) in [5, 5.41) is 4.52. The van der Waals surface area contributed by atoms with Gasteiger partial charge < -0.3 is 10.1 Å². The van der Waals surface area contributed by atoms with Gasteiger partial charge in [0.1, 0.15) is 5.82 Å². The van der Waals surface area contributed by atoms with E-state index in [1.54, 1.807) is 0 Å². The van der Waals surface area contributed by atoms with Crippen LogP contribution in [0, 0.1) is 11.7 Å². The van der Waals surface area contributed by atoms with E-state index in [0.717, 1.165) is 12.5 Å². The molecule has 7 heteroatoms.